The minimum Gasteiger partial charge on any atom is -0.468 e. The predicted octanol–water partition coefficient (Wildman–Crippen LogP) is -0.760. The summed E-state index contributed by atoms with van der Waals surface area (Å²) >= 11 is 1.59. The van der Waals surface area contributed by atoms with Crippen LogP contribution in [-0.2, 0) is 20.9 Å². The molecule has 2 aromatic carbocycles. The van der Waals surface area contributed by atoms with Crippen molar-refractivity contribution in [1.29, 1.82) is 0 Å². The predicted molar refractivity (Wildman–Crippen MR) is 119 cm³/mol. The maximum atomic E-state index is 12.8. The Morgan fingerprint density at radius 3 is 2.60 bits per heavy atom. The minimum atomic E-state index is -0.246. The highest BCUT2D eigenvalue weighted by Gasteiger charge is 2.32. The van der Waals surface area contributed by atoms with Crippen molar-refractivity contribution in [3.05, 3.63) is 48.0 Å². The number of fused-ring (bicyclic) bond motifs is 1. The molecule has 2 N–H and O–H groups in total. The molecule has 0 saturated carbocycles. The van der Waals surface area contributed by atoms with E-state index in [-0.39, 0.29) is 17.1 Å². The van der Waals surface area contributed by atoms with Crippen molar-refractivity contribution in [1.82, 2.24) is 4.90 Å². The van der Waals surface area contributed by atoms with Gasteiger partial charge in [-0.2, -0.15) is 0 Å². The molecule has 0 unspecified atom stereocenters. The summed E-state index contributed by atoms with van der Waals surface area (Å²) in [5.74, 6) is 0.733. The molecule has 2 fully saturated rings. The summed E-state index contributed by atoms with van der Waals surface area (Å²) in [4.78, 5) is 29.4. The zero-order valence-corrected chi connectivity index (χ0v) is 18.4. The van der Waals surface area contributed by atoms with Crippen LogP contribution in [0.5, 0.6) is 0 Å². The number of carbonyl (C=O) groups excluding carboxylic acids is 2. The van der Waals surface area contributed by atoms with Crippen molar-refractivity contribution in [2.75, 3.05) is 58.7 Å². The van der Waals surface area contributed by atoms with Gasteiger partial charge in [0.2, 0.25) is 0 Å². The number of hydrogen-bond donors (Lipinski definition) is 2. The van der Waals surface area contributed by atoms with Gasteiger partial charge in [0.25, 0.3) is 5.91 Å². The average Bonchev–Trinajstić information content (AvgIpc) is 2.80. The van der Waals surface area contributed by atoms with Gasteiger partial charge in [0.1, 0.15) is 38.0 Å². The Morgan fingerprint density at radius 2 is 1.80 bits per heavy atom. The fourth-order valence-corrected chi connectivity index (χ4v) is 5.63. The third-order valence-electron chi connectivity index (χ3n) is 6.27. The highest BCUT2D eigenvalue weighted by atomic mass is 32.2. The van der Waals surface area contributed by atoms with Crippen LogP contribution in [0, 0.1) is 0 Å². The Labute approximate surface area is 182 Å². The molecule has 0 spiro atoms. The van der Waals surface area contributed by atoms with E-state index in [1.54, 1.807) is 16.7 Å². The maximum Gasteiger partial charge on any atom is 0.320 e. The van der Waals surface area contributed by atoms with Crippen molar-refractivity contribution >= 4 is 34.4 Å². The molecule has 2 aromatic rings. The molecular formula is C23H31N3O3S+2. The Bertz CT molecular complexity index is 893. The first-order valence-corrected chi connectivity index (χ1v) is 11.8. The molecule has 0 radical (unpaired) electrons. The van der Waals surface area contributed by atoms with Gasteiger partial charge in [-0.25, -0.2) is 0 Å². The summed E-state index contributed by atoms with van der Waals surface area (Å²) < 4.78 is 4.85. The van der Waals surface area contributed by atoms with E-state index in [1.807, 2.05) is 4.90 Å². The summed E-state index contributed by atoms with van der Waals surface area (Å²) in [6.45, 7) is 6.93. The second-order valence-corrected chi connectivity index (χ2v) is 9.52. The monoisotopic (exact) mass is 429 g/mol. The number of carbonyl (C=O) groups is 2. The van der Waals surface area contributed by atoms with Crippen LogP contribution in [0.1, 0.15) is 5.56 Å². The van der Waals surface area contributed by atoms with E-state index >= 15 is 0 Å². The van der Waals surface area contributed by atoms with Crippen LogP contribution in [0.4, 0.5) is 0 Å². The van der Waals surface area contributed by atoms with Crippen molar-refractivity contribution < 1.29 is 24.1 Å². The van der Waals surface area contributed by atoms with E-state index in [4.69, 9.17) is 4.74 Å². The SMILES string of the molecule is COC(=O)[C@H]1CN(C(=O)C[NH+]2CC[NH+](Cc3cccc4ccccc34)CC2)CCS1. The van der Waals surface area contributed by atoms with E-state index in [1.165, 1.54) is 28.3 Å². The number of hydrogen-bond acceptors (Lipinski definition) is 4. The van der Waals surface area contributed by atoms with Gasteiger partial charge in [-0.05, 0) is 10.8 Å². The van der Waals surface area contributed by atoms with E-state index in [0.717, 1.165) is 45.0 Å². The Hall–Kier alpha value is -2.09. The Morgan fingerprint density at radius 1 is 1.07 bits per heavy atom. The molecule has 1 amide bonds. The third-order valence-corrected chi connectivity index (χ3v) is 7.43. The molecule has 2 aliphatic heterocycles. The van der Waals surface area contributed by atoms with Crippen LogP contribution in [0.15, 0.2) is 42.5 Å². The number of ether oxygens (including phenoxy) is 1. The summed E-state index contributed by atoms with van der Waals surface area (Å²) in [5, 5.41) is 2.40. The normalized spacial score (nSPS) is 24.6. The fraction of sp³-hybridized carbons (Fsp3) is 0.478. The zero-order valence-electron chi connectivity index (χ0n) is 17.6. The van der Waals surface area contributed by atoms with Gasteiger partial charge in [-0.15, -0.1) is 11.8 Å². The Balaban J connectivity index is 1.27. The first-order chi connectivity index (χ1) is 14.6. The molecule has 0 aromatic heterocycles. The number of amides is 1. The first-order valence-electron chi connectivity index (χ1n) is 10.7. The lowest BCUT2D eigenvalue weighted by atomic mass is 10.0. The van der Waals surface area contributed by atoms with Gasteiger partial charge in [-0.1, -0.05) is 42.5 Å². The van der Waals surface area contributed by atoms with E-state index in [2.05, 4.69) is 42.5 Å². The molecule has 30 heavy (non-hydrogen) atoms. The molecule has 4 rings (SSSR count). The minimum absolute atomic E-state index is 0.164. The van der Waals surface area contributed by atoms with Gasteiger partial charge in [0.15, 0.2) is 6.54 Å². The average molecular weight is 430 g/mol. The molecule has 2 aliphatic rings. The quantitative estimate of drug-likeness (QED) is 0.614. The highest BCUT2D eigenvalue weighted by molar-refractivity contribution is 8.00. The molecule has 1 atom stereocenters. The molecular weight excluding hydrogens is 398 g/mol. The number of thioether (sulfide) groups is 1. The van der Waals surface area contributed by atoms with Gasteiger partial charge >= 0.3 is 5.97 Å². The molecule has 7 heteroatoms. The summed E-state index contributed by atoms with van der Waals surface area (Å²) in [7, 11) is 1.41. The largest absolute Gasteiger partial charge is 0.468 e. The molecule has 6 nitrogen and oxygen atoms in total. The van der Waals surface area contributed by atoms with Crippen LogP contribution >= 0.6 is 11.8 Å². The van der Waals surface area contributed by atoms with Crippen molar-refractivity contribution in [3.63, 3.8) is 0 Å². The lowest BCUT2D eigenvalue weighted by Crippen LogP contribution is -3.28. The fourth-order valence-electron chi connectivity index (χ4n) is 4.50. The van der Waals surface area contributed by atoms with Crippen LogP contribution in [0.3, 0.4) is 0 Å². The number of methoxy groups -OCH3 is 1. The number of nitrogens with zero attached hydrogens (tertiary/aromatic N) is 1. The third kappa shape index (κ3) is 4.96. The van der Waals surface area contributed by atoms with Crippen molar-refractivity contribution in [3.8, 4) is 0 Å². The Kier molecular flexibility index (Phi) is 6.92. The number of piperazine rings is 1. The first kappa shape index (κ1) is 21.2. The number of esters is 1. The van der Waals surface area contributed by atoms with Crippen LogP contribution in [0.2, 0.25) is 0 Å². The number of rotatable bonds is 5. The van der Waals surface area contributed by atoms with Gasteiger partial charge in [0.05, 0.1) is 7.11 Å². The van der Waals surface area contributed by atoms with E-state index in [9.17, 15) is 9.59 Å². The number of benzene rings is 2. The second-order valence-electron chi connectivity index (χ2n) is 8.21. The van der Waals surface area contributed by atoms with E-state index < -0.39 is 0 Å². The highest BCUT2D eigenvalue weighted by Crippen LogP contribution is 2.19. The molecule has 2 heterocycles. The molecule has 160 valence electrons. The summed E-state index contributed by atoms with van der Waals surface area (Å²) in [6, 6.07) is 15.1. The van der Waals surface area contributed by atoms with Gasteiger partial charge in [-0.3, -0.25) is 9.59 Å². The van der Waals surface area contributed by atoms with E-state index in [0.29, 0.717) is 13.1 Å². The number of nitrogens with one attached hydrogen (secondary N) is 2. The molecule has 2 saturated heterocycles. The van der Waals surface area contributed by atoms with Crippen LogP contribution in [-0.4, -0.2) is 80.7 Å². The maximum absolute atomic E-state index is 12.8. The van der Waals surface area contributed by atoms with Gasteiger partial charge in [0, 0.05) is 24.4 Å². The summed E-state index contributed by atoms with van der Waals surface area (Å²) in [6.07, 6.45) is 0. The lowest BCUT2D eigenvalue weighted by Gasteiger charge is -2.33. The standard InChI is InChI=1S/C23H29N3O3S/c1-29-23(28)21-16-26(13-14-30-21)22(27)17-25-11-9-24(10-12-25)15-19-7-4-6-18-5-2-3-8-20(18)19/h2-8,21H,9-17H2,1H3/p+2/t21-/m1/s1. The zero-order chi connectivity index (χ0) is 20.9. The van der Waals surface area contributed by atoms with Gasteiger partial charge < -0.3 is 19.4 Å². The lowest BCUT2D eigenvalue weighted by molar-refractivity contribution is -1.02. The molecule has 0 bridgehead atoms. The van der Waals surface area contributed by atoms with Crippen molar-refractivity contribution in [2.24, 2.45) is 0 Å². The molecule has 0 aliphatic carbocycles. The van der Waals surface area contributed by atoms with Crippen molar-refractivity contribution in [2.45, 2.75) is 11.8 Å². The van der Waals surface area contributed by atoms with Crippen LogP contribution < -0.4 is 9.80 Å². The smallest absolute Gasteiger partial charge is 0.320 e. The summed E-state index contributed by atoms with van der Waals surface area (Å²) in [5.41, 5.74) is 1.40. The topological polar surface area (TPSA) is 55.5 Å². The van der Waals surface area contributed by atoms with Crippen LogP contribution in [0.25, 0.3) is 10.8 Å². The number of quaternary nitrogens is 2. The second kappa shape index (κ2) is 9.81.